The van der Waals surface area contributed by atoms with Crippen molar-refractivity contribution in [3.05, 3.63) is 82.9 Å². The molecule has 2 aromatic carbocycles. The van der Waals surface area contributed by atoms with E-state index in [2.05, 4.69) is 15.6 Å². The molecular weight excluding hydrogens is 460 g/mol. The molecule has 178 valence electrons. The van der Waals surface area contributed by atoms with Gasteiger partial charge in [0.15, 0.2) is 5.82 Å². The molecule has 0 spiro atoms. The van der Waals surface area contributed by atoms with E-state index in [-0.39, 0.29) is 18.4 Å². The van der Waals surface area contributed by atoms with Gasteiger partial charge in [0.2, 0.25) is 0 Å². The Bertz CT molecular complexity index is 1430. The van der Waals surface area contributed by atoms with E-state index in [1.807, 2.05) is 60.8 Å². The van der Waals surface area contributed by atoms with Crippen molar-refractivity contribution < 1.29 is 14.7 Å². The van der Waals surface area contributed by atoms with E-state index in [0.29, 0.717) is 35.6 Å². The van der Waals surface area contributed by atoms with Gasteiger partial charge in [0, 0.05) is 40.4 Å². The number of fused-ring (bicyclic) bond motifs is 1. The summed E-state index contributed by atoms with van der Waals surface area (Å²) < 4.78 is 1.03. The van der Waals surface area contributed by atoms with E-state index in [1.165, 1.54) is 17.5 Å². The van der Waals surface area contributed by atoms with E-state index in [4.69, 9.17) is 0 Å². The highest BCUT2D eigenvalue weighted by atomic mass is 32.1. The number of aromatic nitrogens is 1. The molecule has 3 heterocycles. The molecule has 5 rings (SSSR count). The standard InChI is InChI=1S/C27H26N4O3S/c1-17-7-3-5-9-21(17)29-24-22(30-25(32)20-15-35-23-10-6-4-8-19(20)23)13-18(14-28-24)26(33)31-12-11-27(2,34)16-31/h3-10,13-15,34H,11-12,16H2,1-2H3,(H,28,29)(H,30,32). The van der Waals surface area contributed by atoms with Crippen LogP contribution in [0.25, 0.3) is 10.1 Å². The maximum atomic E-state index is 13.3. The Morgan fingerprint density at radius 1 is 1.11 bits per heavy atom. The third-order valence-corrected chi connectivity index (χ3v) is 7.21. The molecule has 0 aliphatic carbocycles. The predicted molar refractivity (Wildman–Crippen MR) is 140 cm³/mol. The van der Waals surface area contributed by atoms with Crippen LogP contribution in [0.5, 0.6) is 0 Å². The molecule has 0 bridgehead atoms. The van der Waals surface area contributed by atoms with Crippen molar-refractivity contribution in [2.75, 3.05) is 23.7 Å². The number of carbonyl (C=O) groups is 2. The van der Waals surface area contributed by atoms with Crippen LogP contribution in [0.3, 0.4) is 0 Å². The summed E-state index contributed by atoms with van der Waals surface area (Å²) in [4.78, 5) is 32.6. The van der Waals surface area contributed by atoms with Crippen LogP contribution in [0, 0.1) is 6.92 Å². The molecule has 1 saturated heterocycles. The minimum atomic E-state index is -0.896. The first kappa shape index (κ1) is 23.0. The molecule has 1 aliphatic rings. The van der Waals surface area contributed by atoms with Gasteiger partial charge in [0.25, 0.3) is 11.8 Å². The molecule has 2 amide bonds. The summed E-state index contributed by atoms with van der Waals surface area (Å²) >= 11 is 1.51. The zero-order valence-corrected chi connectivity index (χ0v) is 20.4. The Morgan fingerprint density at radius 2 is 1.89 bits per heavy atom. The number of anilines is 3. The monoisotopic (exact) mass is 486 g/mol. The van der Waals surface area contributed by atoms with Crippen LogP contribution in [0.15, 0.2) is 66.2 Å². The van der Waals surface area contributed by atoms with E-state index in [0.717, 1.165) is 21.3 Å². The average molecular weight is 487 g/mol. The average Bonchev–Trinajstić information content (AvgIpc) is 3.44. The summed E-state index contributed by atoms with van der Waals surface area (Å²) in [5, 5.41) is 19.3. The number of likely N-dealkylation sites (tertiary alicyclic amines) is 1. The second-order valence-corrected chi connectivity index (χ2v) is 10.0. The Kier molecular flexibility index (Phi) is 6.00. The highest BCUT2D eigenvalue weighted by molar-refractivity contribution is 7.17. The van der Waals surface area contributed by atoms with Crippen molar-refractivity contribution >= 4 is 50.4 Å². The number of carbonyl (C=O) groups excluding carboxylic acids is 2. The summed E-state index contributed by atoms with van der Waals surface area (Å²) in [6.07, 6.45) is 2.03. The molecule has 0 radical (unpaired) electrons. The smallest absolute Gasteiger partial charge is 0.257 e. The third-order valence-electron chi connectivity index (χ3n) is 6.25. The SMILES string of the molecule is Cc1ccccc1Nc1ncc(C(=O)N2CCC(C)(O)C2)cc1NC(=O)c1csc2ccccc12. The lowest BCUT2D eigenvalue weighted by Gasteiger charge is -2.20. The van der Waals surface area contributed by atoms with Crippen molar-refractivity contribution in [1.82, 2.24) is 9.88 Å². The number of nitrogens with one attached hydrogen (secondary N) is 2. The first-order valence-corrected chi connectivity index (χ1v) is 12.3. The molecule has 35 heavy (non-hydrogen) atoms. The first-order valence-electron chi connectivity index (χ1n) is 11.4. The zero-order chi connectivity index (χ0) is 24.6. The van der Waals surface area contributed by atoms with Gasteiger partial charge in [0.05, 0.1) is 22.4 Å². The molecule has 3 N–H and O–H groups in total. The van der Waals surface area contributed by atoms with Crippen LogP contribution in [0.2, 0.25) is 0 Å². The highest BCUT2D eigenvalue weighted by Gasteiger charge is 2.34. The molecule has 0 saturated carbocycles. The number of hydrogen-bond acceptors (Lipinski definition) is 6. The summed E-state index contributed by atoms with van der Waals surface area (Å²) in [6, 6.07) is 17.2. The van der Waals surface area contributed by atoms with Gasteiger partial charge in [-0.05, 0) is 44.0 Å². The zero-order valence-electron chi connectivity index (χ0n) is 19.5. The Morgan fingerprint density at radius 3 is 2.66 bits per heavy atom. The lowest BCUT2D eigenvalue weighted by atomic mass is 10.1. The number of aliphatic hydroxyl groups is 1. The van der Waals surface area contributed by atoms with Gasteiger partial charge in [-0.3, -0.25) is 9.59 Å². The van der Waals surface area contributed by atoms with Gasteiger partial charge in [-0.1, -0.05) is 36.4 Å². The van der Waals surface area contributed by atoms with Crippen LogP contribution in [-0.4, -0.2) is 45.5 Å². The van der Waals surface area contributed by atoms with Gasteiger partial charge in [-0.25, -0.2) is 4.98 Å². The molecule has 2 aromatic heterocycles. The number of hydrogen-bond donors (Lipinski definition) is 3. The summed E-state index contributed by atoms with van der Waals surface area (Å²) in [7, 11) is 0. The van der Waals surface area contributed by atoms with E-state index >= 15 is 0 Å². The quantitative estimate of drug-likeness (QED) is 0.361. The Labute approximate surface area is 207 Å². The first-order chi connectivity index (χ1) is 16.8. The maximum Gasteiger partial charge on any atom is 0.257 e. The second-order valence-electron chi connectivity index (χ2n) is 9.13. The number of nitrogens with zero attached hydrogens (tertiary/aromatic N) is 2. The molecular formula is C27H26N4O3S. The molecule has 1 aliphatic heterocycles. The molecule has 1 atom stereocenters. The minimum absolute atomic E-state index is 0.228. The lowest BCUT2D eigenvalue weighted by Crippen LogP contribution is -2.34. The topological polar surface area (TPSA) is 94.6 Å². The van der Waals surface area contributed by atoms with Gasteiger partial charge < -0.3 is 20.6 Å². The number of benzene rings is 2. The van der Waals surface area contributed by atoms with E-state index in [1.54, 1.807) is 17.9 Å². The van der Waals surface area contributed by atoms with E-state index < -0.39 is 5.60 Å². The van der Waals surface area contributed by atoms with Crippen molar-refractivity contribution in [2.45, 2.75) is 25.9 Å². The third kappa shape index (κ3) is 4.76. The minimum Gasteiger partial charge on any atom is -0.388 e. The number of amides is 2. The number of thiophene rings is 1. The molecule has 7 nitrogen and oxygen atoms in total. The second kappa shape index (κ2) is 9.13. The number of aryl methyl sites for hydroxylation is 1. The largest absolute Gasteiger partial charge is 0.388 e. The summed E-state index contributed by atoms with van der Waals surface area (Å²) in [5.41, 5.74) is 2.31. The van der Waals surface area contributed by atoms with Crippen molar-refractivity contribution in [3.63, 3.8) is 0 Å². The van der Waals surface area contributed by atoms with Crippen LogP contribution < -0.4 is 10.6 Å². The maximum absolute atomic E-state index is 13.3. The highest BCUT2D eigenvalue weighted by Crippen LogP contribution is 2.30. The van der Waals surface area contributed by atoms with Crippen molar-refractivity contribution in [1.29, 1.82) is 0 Å². The number of β-amino-alcohol motifs (C(OH)–C–C–N with tert-alkyl or cyclic N) is 1. The molecule has 1 unspecified atom stereocenters. The molecule has 1 fully saturated rings. The fraction of sp³-hybridized carbons (Fsp3) is 0.222. The van der Waals surface area contributed by atoms with Crippen LogP contribution >= 0.6 is 11.3 Å². The Balaban J connectivity index is 1.49. The number of pyridine rings is 1. The number of para-hydroxylation sites is 1. The fourth-order valence-corrected chi connectivity index (χ4v) is 5.20. The van der Waals surface area contributed by atoms with Crippen LogP contribution in [0.4, 0.5) is 17.2 Å². The van der Waals surface area contributed by atoms with E-state index in [9.17, 15) is 14.7 Å². The summed E-state index contributed by atoms with van der Waals surface area (Å²) in [5.74, 6) is -0.0582. The summed E-state index contributed by atoms with van der Waals surface area (Å²) in [6.45, 7) is 4.44. The van der Waals surface area contributed by atoms with Crippen molar-refractivity contribution in [3.8, 4) is 0 Å². The lowest BCUT2D eigenvalue weighted by molar-refractivity contribution is 0.0572. The normalized spacial score (nSPS) is 17.5. The van der Waals surface area contributed by atoms with Gasteiger partial charge in [0.1, 0.15) is 0 Å². The van der Waals surface area contributed by atoms with Crippen LogP contribution in [-0.2, 0) is 0 Å². The van der Waals surface area contributed by atoms with Crippen LogP contribution in [0.1, 0.15) is 39.6 Å². The predicted octanol–water partition coefficient (Wildman–Crippen LogP) is 5.20. The number of rotatable bonds is 5. The van der Waals surface area contributed by atoms with Gasteiger partial charge >= 0.3 is 0 Å². The van der Waals surface area contributed by atoms with Gasteiger partial charge in [-0.15, -0.1) is 11.3 Å². The van der Waals surface area contributed by atoms with Gasteiger partial charge in [-0.2, -0.15) is 0 Å². The van der Waals surface area contributed by atoms with Crippen molar-refractivity contribution in [2.24, 2.45) is 0 Å². The molecule has 4 aromatic rings. The Hall–Kier alpha value is -3.75. The molecule has 8 heteroatoms. The fourth-order valence-electron chi connectivity index (χ4n) is 4.26.